The highest BCUT2D eigenvalue weighted by Gasteiger charge is 2.02. The summed E-state index contributed by atoms with van der Waals surface area (Å²) in [5.74, 6) is 4.79. The molecule has 0 aliphatic rings. The largest absolute Gasteiger partial charge is 0.481 e. The predicted octanol–water partition coefficient (Wildman–Crippen LogP) is 1.11. The smallest absolute Gasteiger partial charge is 0.308 e. The van der Waals surface area contributed by atoms with Gasteiger partial charge in [-0.3, -0.25) is 4.79 Å². The second kappa shape index (κ2) is 5.43. The van der Waals surface area contributed by atoms with E-state index in [4.69, 9.17) is 10.2 Å². The normalized spacial score (nSPS) is 9.21. The van der Waals surface area contributed by atoms with Crippen LogP contribution in [-0.4, -0.2) is 22.8 Å². The van der Waals surface area contributed by atoms with Crippen LogP contribution in [0.3, 0.4) is 0 Å². The highest BCUT2D eigenvalue weighted by Crippen LogP contribution is 2.14. The molecule has 0 aromatic carbocycles. The van der Waals surface area contributed by atoms with E-state index in [1.807, 2.05) is 5.38 Å². The van der Waals surface area contributed by atoms with Crippen molar-refractivity contribution in [2.75, 3.05) is 6.61 Å². The first kappa shape index (κ1) is 10.8. The van der Waals surface area contributed by atoms with Gasteiger partial charge in [0.15, 0.2) is 0 Å². The van der Waals surface area contributed by atoms with Crippen molar-refractivity contribution in [3.05, 3.63) is 21.9 Å². The molecule has 0 saturated heterocycles. The Balaban J connectivity index is 2.60. The van der Waals surface area contributed by atoms with E-state index in [1.165, 1.54) is 11.3 Å². The molecule has 4 heteroatoms. The number of carbonyl (C=O) groups is 1. The molecule has 0 atom stereocenters. The molecule has 1 aromatic rings. The van der Waals surface area contributed by atoms with Crippen molar-refractivity contribution < 1.29 is 15.0 Å². The van der Waals surface area contributed by atoms with Gasteiger partial charge in [-0.15, -0.1) is 11.3 Å². The Hall–Kier alpha value is -1.31. The molecule has 1 heterocycles. The summed E-state index contributed by atoms with van der Waals surface area (Å²) in [4.78, 5) is 11.2. The Morgan fingerprint density at radius 3 is 3.00 bits per heavy atom. The SMILES string of the molecule is O=C(O)Cc1cc(C#CCCO)cs1. The standard InChI is InChI=1S/C10H10O3S/c11-4-2-1-3-8-5-9(14-7-8)6-10(12)13/h5,7,11H,2,4,6H2,(H,12,13). The van der Waals surface area contributed by atoms with Crippen LogP contribution in [0.2, 0.25) is 0 Å². The summed E-state index contributed by atoms with van der Waals surface area (Å²) in [6.07, 6.45) is 0.496. The molecule has 0 aliphatic heterocycles. The fraction of sp³-hybridized carbons (Fsp3) is 0.300. The van der Waals surface area contributed by atoms with Crippen molar-refractivity contribution >= 4 is 17.3 Å². The average molecular weight is 210 g/mol. The maximum Gasteiger partial charge on any atom is 0.308 e. The van der Waals surface area contributed by atoms with Crippen LogP contribution >= 0.6 is 11.3 Å². The monoisotopic (exact) mass is 210 g/mol. The van der Waals surface area contributed by atoms with Gasteiger partial charge in [-0.1, -0.05) is 11.8 Å². The molecule has 2 N–H and O–H groups in total. The molecule has 1 rings (SSSR count). The van der Waals surface area contributed by atoms with Gasteiger partial charge in [0, 0.05) is 22.2 Å². The minimum Gasteiger partial charge on any atom is -0.481 e. The molecule has 0 unspecified atom stereocenters. The lowest BCUT2D eigenvalue weighted by Gasteiger charge is -1.86. The van der Waals surface area contributed by atoms with E-state index < -0.39 is 5.97 Å². The summed E-state index contributed by atoms with van der Waals surface area (Å²) in [6.45, 7) is 0.0547. The summed E-state index contributed by atoms with van der Waals surface area (Å²) in [5.41, 5.74) is 0.819. The van der Waals surface area contributed by atoms with E-state index in [0.29, 0.717) is 6.42 Å². The number of thiophene rings is 1. The summed E-state index contributed by atoms with van der Waals surface area (Å²) < 4.78 is 0. The fourth-order valence-electron chi connectivity index (χ4n) is 0.908. The highest BCUT2D eigenvalue weighted by atomic mass is 32.1. The lowest BCUT2D eigenvalue weighted by molar-refractivity contribution is -0.136. The second-order valence-electron chi connectivity index (χ2n) is 2.65. The fourth-order valence-corrected chi connectivity index (χ4v) is 1.72. The topological polar surface area (TPSA) is 57.5 Å². The van der Waals surface area contributed by atoms with Gasteiger partial charge in [0.25, 0.3) is 0 Å². The molecular formula is C10H10O3S. The van der Waals surface area contributed by atoms with Crippen molar-refractivity contribution in [1.29, 1.82) is 0 Å². The second-order valence-corrected chi connectivity index (χ2v) is 3.64. The zero-order valence-electron chi connectivity index (χ0n) is 7.49. The van der Waals surface area contributed by atoms with E-state index in [-0.39, 0.29) is 13.0 Å². The number of carboxylic acid groups (broad SMARTS) is 1. The number of hydrogen-bond acceptors (Lipinski definition) is 3. The van der Waals surface area contributed by atoms with E-state index in [1.54, 1.807) is 6.07 Å². The molecule has 3 nitrogen and oxygen atoms in total. The Morgan fingerprint density at radius 1 is 1.57 bits per heavy atom. The third kappa shape index (κ3) is 3.60. The van der Waals surface area contributed by atoms with Crippen molar-refractivity contribution in [2.24, 2.45) is 0 Å². The van der Waals surface area contributed by atoms with Crippen LogP contribution in [0.5, 0.6) is 0 Å². The van der Waals surface area contributed by atoms with Gasteiger partial charge in [-0.2, -0.15) is 0 Å². The molecule has 0 bridgehead atoms. The van der Waals surface area contributed by atoms with E-state index >= 15 is 0 Å². The quantitative estimate of drug-likeness (QED) is 0.735. The lowest BCUT2D eigenvalue weighted by atomic mass is 10.2. The molecule has 0 spiro atoms. The van der Waals surface area contributed by atoms with Crippen LogP contribution in [0.4, 0.5) is 0 Å². The van der Waals surface area contributed by atoms with Crippen LogP contribution in [0.15, 0.2) is 11.4 Å². The van der Waals surface area contributed by atoms with Crippen molar-refractivity contribution in [3.63, 3.8) is 0 Å². The van der Waals surface area contributed by atoms with Crippen LogP contribution < -0.4 is 0 Å². The maximum absolute atomic E-state index is 10.4. The predicted molar refractivity (Wildman–Crippen MR) is 54.2 cm³/mol. The third-order valence-electron chi connectivity index (χ3n) is 1.45. The van der Waals surface area contributed by atoms with Gasteiger partial charge in [0.2, 0.25) is 0 Å². The molecule has 74 valence electrons. The number of hydrogen-bond donors (Lipinski definition) is 2. The van der Waals surface area contributed by atoms with Crippen molar-refractivity contribution in [3.8, 4) is 11.8 Å². The molecule has 0 radical (unpaired) electrons. The summed E-state index contributed by atoms with van der Waals surface area (Å²) in [5, 5.41) is 18.8. The Morgan fingerprint density at radius 2 is 2.36 bits per heavy atom. The summed E-state index contributed by atoms with van der Waals surface area (Å²) in [6, 6.07) is 1.77. The van der Waals surface area contributed by atoms with Crippen LogP contribution in [-0.2, 0) is 11.2 Å². The third-order valence-corrected chi connectivity index (χ3v) is 2.39. The number of aliphatic carboxylic acids is 1. The molecule has 14 heavy (non-hydrogen) atoms. The van der Waals surface area contributed by atoms with Gasteiger partial charge in [0.1, 0.15) is 0 Å². The van der Waals surface area contributed by atoms with Crippen LogP contribution in [0.25, 0.3) is 0 Å². The first-order chi connectivity index (χ1) is 6.72. The van der Waals surface area contributed by atoms with Gasteiger partial charge < -0.3 is 10.2 Å². The number of carboxylic acids is 1. The molecule has 1 aromatic heterocycles. The first-order valence-corrected chi connectivity index (χ1v) is 4.99. The minimum atomic E-state index is -0.832. The Labute approximate surface area is 86.0 Å². The Bertz CT molecular complexity index is 370. The molecule has 0 saturated carbocycles. The van der Waals surface area contributed by atoms with E-state index in [2.05, 4.69) is 11.8 Å². The van der Waals surface area contributed by atoms with Crippen LogP contribution in [0.1, 0.15) is 16.9 Å². The zero-order valence-corrected chi connectivity index (χ0v) is 8.30. The zero-order chi connectivity index (χ0) is 10.4. The van der Waals surface area contributed by atoms with Crippen molar-refractivity contribution in [2.45, 2.75) is 12.8 Å². The van der Waals surface area contributed by atoms with E-state index in [0.717, 1.165) is 10.4 Å². The number of aliphatic hydroxyl groups is 1. The summed E-state index contributed by atoms with van der Waals surface area (Å²) >= 11 is 1.39. The van der Waals surface area contributed by atoms with Gasteiger partial charge in [-0.05, 0) is 6.07 Å². The summed E-state index contributed by atoms with van der Waals surface area (Å²) in [7, 11) is 0. The number of rotatable bonds is 3. The highest BCUT2D eigenvalue weighted by molar-refractivity contribution is 7.10. The number of aliphatic hydroxyl groups excluding tert-OH is 1. The molecule has 0 aliphatic carbocycles. The average Bonchev–Trinajstić information content (AvgIpc) is 2.52. The first-order valence-electron chi connectivity index (χ1n) is 4.11. The molecule has 0 amide bonds. The van der Waals surface area contributed by atoms with Crippen molar-refractivity contribution in [1.82, 2.24) is 0 Å². The van der Waals surface area contributed by atoms with Gasteiger partial charge in [0.05, 0.1) is 13.0 Å². The van der Waals surface area contributed by atoms with Crippen LogP contribution in [0, 0.1) is 11.8 Å². The van der Waals surface area contributed by atoms with E-state index in [9.17, 15) is 4.79 Å². The molecular weight excluding hydrogens is 200 g/mol. The minimum absolute atomic E-state index is 0.0480. The molecule has 0 fully saturated rings. The Kier molecular flexibility index (Phi) is 4.17. The van der Waals surface area contributed by atoms with Gasteiger partial charge in [-0.25, -0.2) is 0 Å². The van der Waals surface area contributed by atoms with Gasteiger partial charge >= 0.3 is 5.97 Å². The lowest BCUT2D eigenvalue weighted by Crippen LogP contribution is -1.97. The maximum atomic E-state index is 10.4.